The number of carbonyl (C=O) groups excluding carboxylic acids is 1. The Morgan fingerprint density at radius 1 is 1.26 bits per heavy atom. The van der Waals surface area contributed by atoms with Crippen molar-refractivity contribution in [2.75, 3.05) is 44.8 Å². The predicted octanol–water partition coefficient (Wildman–Crippen LogP) is 1.70. The lowest BCUT2D eigenvalue weighted by atomic mass is 9.96. The number of fused-ring (bicyclic) bond motifs is 1. The van der Waals surface area contributed by atoms with Crippen LogP contribution in [0, 0.1) is 24.1 Å². The van der Waals surface area contributed by atoms with Crippen molar-refractivity contribution in [3.05, 3.63) is 64.5 Å². The number of hydrogen-bond donors (Lipinski definition) is 2. The number of halogens is 1. The van der Waals surface area contributed by atoms with Crippen LogP contribution in [0.15, 0.2) is 41.5 Å². The SMILES string of the molecule is Cc1c(C2CN3CCN(C)CC3CO2)ccc(F)c1C#N.N/N=C\N(N)c1ccc(CC=O)cc1. The maximum Gasteiger partial charge on any atom is 0.141 e. The van der Waals surface area contributed by atoms with Gasteiger partial charge in [-0.15, -0.1) is 0 Å². The number of nitriles is 1. The number of ether oxygens (including phenoxy) is 1. The second kappa shape index (κ2) is 12.4. The van der Waals surface area contributed by atoms with Crippen LogP contribution in [-0.4, -0.2) is 68.3 Å². The molecule has 2 saturated heterocycles. The van der Waals surface area contributed by atoms with Gasteiger partial charge in [0.25, 0.3) is 0 Å². The third-order valence-corrected chi connectivity index (χ3v) is 6.36. The zero-order valence-electron chi connectivity index (χ0n) is 20.1. The average molecular weight is 482 g/mol. The van der Waals surface area contributed by atoms with Gasteiger partial charge in [0.1, 0.15) is 24.5 Å². The third kappa shape index (κ3) is 6.61. The summed E-state index contributed by atoms with van der Waals surface area (Å²) in [6.45, 7) is 6.43. The first-order chi connectivity index (χ1) is 16.9. The van der Waals surface area contributed by atoms with Gasteiger partial charge in [-0.2, -0.15) is 10.4 Å². The number of morpholine rings is 1. The van der Waals surface area contributed by atoms with Crippen LogP contribution in [0.25, 0.3) is 0 Å². The van der Waals surface area contributed by atoms with Gasteiger partial charge < -0.3 is 20.3 Å². The lowest BCUT2D eigenvalue weighted by Gasteiger charge is -2.45. The minimum Gasteiger partial charge on any atom is -0.370 e. The van der Waals surface area contributed by atoms with Gasteiger partial charge >= 0.3 is 0 Å². The number of rotatable bonds is 5. The van der Waals surface area contributed by atoms with Gasteiger partial charge in [0.2, 0.25) is 0 Å². The number of likely N-dealkylation sites (N-methyl/N-ethyl adjacent to an activating group) is 1. The molecule has 2 heterocycles. The summed E-state index contributed by atoms with van der Waals surface area (Å²) < 4.78 is 19.6. The molecule has 0 aromatic heterocycles. The number of piperazine rings is 1. The molecule has 0 spiro atoms. The number of carbonyl (C=O) groups is 1. The van der Waals surface area contributed by atoms with E-state index in [2.05, 4.69) is 21.9 Å². The molecule has 2 aromatic rings. The summed E-state index contributed by atoms with van der Waals surface area (Å²) in [5.74, 6) is 10.1. The molecular formula is C25H32FN7O2. The lowest BCUT2D eigenvalue weighted by Crippen LogP contribution is -2.57. The summed E-state index contributed by atoms with van der Waals surface area (Å²) in [5.41, 5.74) is 3.48. The zero-order chi connectivity index (χ0) is 25.4. The predicted molar refractivity (Wildman–Crippen MR) is 133 cm³/mol. The van der Waals surface area contributed by atoms with E-state index in [1.807, 2.05) is 18.2 Å². The lowest BCUT2D eigenvalue weighted by molar-refractivity contribution is -0.107. The number of anilines is 1. The first-order valence-electron chi connectivity index (χ1n) is 11.4. The highest BCUT2D eigenvalue weighted by atomic mass is 19.1. The van der Waals surface area contributed by atoms with E-state index in [4.69, 9.17) is 21.7 Å². The molecule has 0 saturated carbocycles. The Morgan fingerprint density at radius 3 is 2.66 bits per heavy atom. The Labute approximate surface area is 205 Å². The maximum atomic E-state index is 13.6. The fourth-order valence-corrected chi connectivity index (χ4v) is 4.35. The van der Waals surface area contributed by atoms with E-state index in [-0.39, 0.29) is 11.7 Å². The Hall–Kier alpha value is -3.36. The molecule has 4 rings (SSSR count). The van der Waals surface area contributed by atoms with Gasteiger partial charge in [-0.1, -0.05) is 18.2 Å². The minimum atomic E-state index is -0.452. The Morgan fingerprint density at radius 2 is 2.00 bits per heavy atom. The molecule has 0 bridgehead atoms. The van der Waals surface area contributed by atoms with Crippen molar-refractivity contribution in [1.82, 2.24) is 9.80 Å². The number of nitrogens with two attached hydrogens (primary N) is 2. The summed E-state index contributed by atoms with van der Waals surface area (Å²) in [4.78, 5) is 15.0. The Bertz CT molecular complexity index is 1070. The molecule has 4 N–H and O–H groups in total. The molecule has 2 fully saturated rings. The van der Waals surface area contributed by atoms with Crippen LogP contribution in [0.2, 0.25) is 0 Å². The molecule has 9 nitrogen and oxygen atoms in total. The molecule has 0 amide bonds. The van der Waals surface area contributed by atoms with Crippen LogP contribution in [-0.2, 0) is 16.0 Å². The van der Waals surface area contributed by atoms with E-state index in [1.165, 1.54) is 17.4 Å². The molecular weight excluding hydrogens is 449 g/mol. The van der Waals surface area contributed by atoms with Crippen molar-refractivity contribution >= 4 is 18.3 Å². The summed E-state index contributed by atoms with van der Waals surface area (Å²) in [6.07, 6.45) is 2.50. The third-order valence-electron chi connectivity index (χ3n) is 6.36. The summed E-state index contributed by atoms with van der Waals surface area (Å²) in [6, 6.07) is 12.8. The number of aldehydes is 1. The maximum absolute atomic E-state index is 13.6. The number of hydrazine groups is 1. The van der Waals surface area contributed by atoms with Crippen molar-refractivity contribution in [1.29, 1.82) is 5.26 Å². The van der Waals surface area contributed by atoms with Crippen LogP contribution in [0.3, 0.4) is 0 Å². The van der Waals surface area contributed by atoms with E-state index in [9.17, 15) is 9.18 Å². The van der Waals surface area contributed by atoms with E-state index in [1.54, 1.807) is 25.1 Å². The number of hydrogen-bond acceptors (Lipinski definition) is 8. The smallest absolute Gasteiger partial charge is 0.141 e. The molecule has 2 atom stereocenters. The van der Waals surface area contributed by atoms with Crippen molar-refractivity contribution in [3.63, 3.8) is 0 Å². The van der Waals surface area contributed by atoms with Crippen molar-refractivity contribution in [3.8, 4) is 6.07 Å². The average Bonchev–Trinajstić information content (AvgIpc) is 2.85. The van der Waals surface area contributed by atoms with Gasteiger partial charge in [-0.3, -0.25) is 9.91 Å². The normalized spacial score (nSPS) is 20.4. The standard InChI is InChI=1S/C16H20FN3O.C9H12N4O/c1-11-13(3-4-15(17)14(11)7-18)16-9-20-6-5-19(2)8-12(20)10-21-16;10-12-7-13(11)9-3-1-8(2-4-9)5-6-14/h3-4,12,16H,5-6,8-10H2,1-2H3;1-4,6-7H,5,10-11H2/b;12-7-. The fourth-order valence-electron chi connectivity index (χ4n) is 4.35. The van der Waals surface area contributed by atoms with Gasteiger partial charge in [0, 0.05) is 38.6 Å². The Kier molecular flexibility index (Phi) is 9.28. The molecule has 2 aromatic carbocycles. The fraction of sp³-hybridized carbons (Fsp3) is 0.400. The molecule has 0 aliphatic carbocycles. The van der Waals surface area contributed by atoms with Crippen LogP contribution < -0.4 is 16.7 Å². The largest absolute Gasteiger partial charge is 0.370 e. The summed E-state index contributed by atoms with van der Waals surface area (Å²) in [7, 11) is 2.13. The highest BCUT2D eigenvalue weighted by molar-refractivity contribution is 5.77. The van der Waals surface area contributed by atoms with E-state index < -0.39 is 5.82 Å². The molecule has 35 heavy (non-hydrogen) atoms. The van der Waals surface area contributed by atoms with Gasteiger partial charge in [0.15, 0.2) is 0 Å². The Balaban J connectivity index is 0.000000214. The first kappa shape index (κ1) is 26.2. The number of nitrogens with zero attached hydrogens (tertiary/aromatic N) is 5. The summed E-state index contributed by atoms with van der Waals surface area (Å²) >= 11 is 0. The minimum absolute atomic E-state index is 0.0719. The molecule has 2 unspecified atom stereocenters. The topological polar surface area (TPSA) is 124 Å². The second-order valence-electron chi connectivity index (χ2n) is 8.69. The van der Waals surface area contributed by atoms with Gasteiger partial charge in [-0.25, -0.2) is 10.2 Å². The van der Waals surface area contributed by atoms with Crippen LogP contribution >= 0.6 is 0 Å². The number of hydrazone groups is 1. The van der Waals surface area contributed by atoms with E-state index in [0.29, 0.717) is 24.6 Å². The second-order valence-corrected chi connectivity index (χ2v) is 8.69. The highest BCUT2D eigenvalue weighted by Crippen LogP contribution is 2.30. The molecule has 2 aliphatic rings. The number of benzene rings is 2. The molecule has 2 aliphatic heterocycles. The quantitative estimate of drug-likeness (QED) is 0.217. The van der Waals surface area contributed by atoms with Crippen LogP contribution in [0.4, 0.5) is 10.1 Å². The zero-order valence-corrected chi connectivity index (χ0v) is 20.1. The molecule has 186 valence electrons. The highest BCUT2D eigenvalue weighted by Gasteiger charge is 2.33. The molecule has 0 radical (unpaired) electrons. The molecule has 10 heteroatoms. The van der Waals surface area contributed by atoms with Gasteiger partial charge in [0.05, 0.1) is 24.0 Å². The van der Waals surface area contributed by atoms with Crippen molar-refractivity contribution in [2.45, 2.75) is 25.5 Å². The van der Waals surface area contributed by atoms with Crippen LogP contribution in [0.5, 0.6) is 0 Å². The summed E-state index contributed by atoms with van der Waals surface area (Å²) in [5, 5.41) is 13.7. The van der Waals surface area contributed by atoms with Crippen LogP contribution in [0.1, 0.15) is 28.4 Å². The monoisotopic (exact) mass is 481 g/mol. The van der Waals surface area contributed by atoms with E-state index in [0.717, 1.165) is 49.3 Å². The van der Waals surface area contributed by atoms with E-state index >= 15 is 0 Å². The van der Waals surface area contributed by atoms with Crippen molar-refractivity contribution in [2.24, 2.45) is 16.8 Å². The van der Waals surface area contributed by atoms with Gasteiger partial charge in [-0.05, 0) is 48.9 Å². The first-order valence-corrected chi connectivity index (χ1v) is 11.4. The van der Waals surface area contributed by atoms with Crippen molar-refractivity contribution < 1.29 is 13.9 Å².